The average molecular weight is 477 g/mol. The number of sulfonamides is 1. The molecule has 0 aromatic heterocycles. The Labute approximate surface area is 191 Å². The molecule has 3 rings (SSSR count). The molecule has 33 heavy (non-hydrogen) atoms. The minimum Gasteiger partial charge on any atom is -0.495 e. The van der Waals surface area contributed by atoms with Crippen LogP contribution in [0, 0.1) is 10.1 Å². The maximum absolute atomic E-state index is 12.8. The molecule has 11 heteroatoms. The summed E-state index contributed by atoms with van der Waals surface area (Å²) in [6.07, 6.45) is 4.14. The SMILES string of the molecule is COc1ccc(/C=C/C(=O)OCc2ccc([N+](=O)[O-])cc2)cc1S(=O)(=O)NC[C@@H]1CCCO1. The van der Waals surface area contributed by atoms with E-state index in [1.165, 1.54) is 55.7 Å². The monoisotopic (exact) mass is 476 g/mol. The highest BCUT2D eigenvalue weighted by atomic mass is 32.2. The van der Waals surface area contributed by atoms with Gasteiger partial charge in [-0.2, -0.15) is 0 Å². The highest BCUT2D eigenvalue weighted by Gasteiger charge is 2.23. The number of nitro groups is 1. The van der Waals surface area contributed by atoms with Gasteiger partial charge in [-0.15, -0.1) is 0 Å². The van der Waals surface area contributed by atoms with Crippen LogP contribution in [-0.4, -0.2) is 45.7 Å². The number of ether oxygens (including phenoxy) is 3. The van der Waals surface area contributed by atoms with Crippen LogP contribution >= 0.6 is 0 Å². The van der Waals surface area contributed by atoms with Gasteiger partial charge in [0, 0.05) is 31.4 Å². The lowest BCUT2D eigenvalue weighted by Crippen LogP contribution is -2.32. The summed E-state index contributed by atoms with van der Waals surface area (Å²) in [5.41, 5.74) is 0.999. The van der Waals surface area contributed by atoms with Crippen LogP contribution in [0.15, 0.2) is 53.4 Å². The molecule has 176 valence electrons. The predicted molar refractivity (Wildman–Crippen MR) is 119 cm³/mol. The molecule has 1 aliphatic rings. The molecule has 1 aliphatic heterocycles. The van der Waals surface area contributed by atoms with Crippen molar-refractivity contribution in [2.45, 2.75) is 30.4 Å². The summed E-state index contributed by atoms with van der Waals surface area (Å²) < 4.78 is 43.9. The third-order valence-corrected chi connectivity index (χ3v) is 6.39. The Morgan fingerprint density at radius 1 is 1.27 bits per heavy atom. The Balaban J connectivity index is 1.63. The van der Waals surface area contributed by atoms with Gasteiger partial charge in [0.15, 0.2) is 0 Å². The standard InChI is InChI=1S/C22H24N2O8S/c1-30-20-10-6-16(13-21(20)33(28,29)23-14-19-3-2-12-31-19)7-11-22(25)32-15-17-4-8-18(9-5-17)24(26)27/h4-11,13,19,23H,2-3,12,14-15H2,1H3/b11-7+/t19-/m0/s1. The smallest absolute Gasteiger partial charge is 0.331 e. The topological polar surface area (TPSA) is 134 Å². The Bertz CT molecular complexity index is 1120. The van der Waals surface area contributed by atoms with E-state index in [0.29, 0.717) is 17.7 Å². The van der Waals surface area contributed by atoms with E-state index in [-0.39, 0.29) is 35.6 Å². The van der Waals surface area contributed by atoms with Crippen molar-refractivity contribution in [3.8, 4) is 5.75 Å². The molecule has 10 nitrogen and oxygen atoms in total. The predicted octanol–water partition coefficient (Wildman–Crippen LogP) is 2.82. The summed E-state index contributed by atoms with van der Waals surface area (Å²) in [5.74, 6) is -0.474. The molecule has 0 bridgehead atoms. The van der Waals surface area contributed by atoms with E-state index in [4.69, 9.17) is 14.2 Å². The Morgan fingerprint density at radius 3 is 2.67 bits per heavy atom. The van der Waals surface area contributed by atoms with Gasteiger partial charge in [0.05, 0.1) is 18.1 Å². The molecular formula is C22H24N2O8S. The van der Waals surface area contributed by atoms with Crippen molar-refractivity contribution >= 4 is 27.8 Å². The Morgan fingerprint density at radius 2 is 2.03 bits per heavy atom. The maximum Gasteiger partial charge on any atom is 0.331 e. The zero-order valence-corrected chi connectivity index (χ0v) is 18.7. The average Bonchev–Trinajstić information content (AvgIpc) is 3.34. The first-order chi connectivity index (χ1) is 15.8. The van der Waals surface area contributed by atoms with E-state index < -0.39 is 20.9 Å². The number of benzene rings is 2. The van der Waals surface area contributed by atoms with Gasteiger partial charge in [-0.1, -0.05) is 6.07 Å². The number of hydrogen-bond donors (Lipinski definition) is 1. The van der Waals surface area contributed by atoms with E-state index in [1.807, 2.05) is 0 Å². The molecule has 1 N–H and O–H groups in total. The number of nitro benzene ring substituents is 1. The first-order valence-electron chi connectivity index (χ1n) is 10.2. The molecule has 0 unspecified atom stereocenters. The third kappa shape index (κ3) is 6.85. The van der Waals surface area contributed by atoms with Crippen LogP contribution < -0.4 is 9.46 Å². The van der Waals surface area contributed by atoms with Gasteiger partial charge in [0.2, 0.25) is 10.0 Å². The molecular weight excluding hydrogens is 452 g/mol. The van der Waals surface area contributed by atoms with Crippen LogP contribution in [0.5, 0.6) is 5.75 Å². The van der Waals surface area contributed by atoms with E-state index in [9.17, 15) is 23.3 Å². The lowest BCUT2D eigenvalue weighted by molar-refractivity contribution is -0.384. The molecule has 2 aromatic rings. The normalized spacial score (nSPS) is 16.1. The third-order valence-electron chi connectivity index (χ3n) is 4.94. The first kappa shape index (κ1) is 24.4. The number of nitrogens with one attached hydrogen (secondary N) is 1. The summed E-state index contributed by atoms with van der Waals surface area (Å²) in [5, 5.41) is 10.7. The molecule has 1 saturated heterocycles. The number of carbonyl (C=O) groups is 1. The van der Waals surface area contributed by atoms with Gasteiger partial charge >= 0.3 is 5.97 Å². The van der Waals surface area contributed by atoms with Gasteiger partial charge in [0.25, 0.3) is 5.69 Å². The van der Waals surface area contributed by atoms with E-state index in [0.717, 1.165) is 12.8 Å². The fourth-order valence-corrected chi connectivity index (χ4v) is 4.44. The number of methoxy groups -OCH3 is 1. The summed E-state index contributed by atoms with van der Waals surface area (Å²) in [6.45, 7) is 0.730. The Hall–Kier alpha value is -3.28. The van der Waals surface area contributed by atoms with Gasteiger partial charge < -0.3 is 14.2 Å². The maximum atomic E-state index is 12.8. The second-order valence-corrected chi connectivity index (χ2v) is 9.00. The fourth-order valence-electron chi connectivity index (χ4n) is 3.17. The minimum atomic E-state index is -3.86. The molecule has 0 amide bonds. The largest absolute Gasteiger partial charge is 0.495 e. The van der Waals surface area contributed by atoms with Crippen molar-refractivity contribution in [2.75, 3.05) is 20.3 Å². The van der Waals surface area contributed by atoms with Crippen LogP contribution in [-0.2, 0) is 30.9 Å². The number of esters is 1. The van der Waals surface area contributed by atoms with Crippen molar-refractivity contribution in [1.29, 1.82) is 0 Å². The molecule has 1 heterocycles. The van der Waals surface area contributed by atoms with E-state index >= 15 is 0 Å². The summed E-state index contributed by atoms with van der Waals surface area (Å²) in [7, 11) is -2.49. The highest BCUT2D eigenvalue weighted by molar-refractivity contribution is 7.89. The van der Waals surface area contributed by atoms with Crippen LogP contribution in [0.4, 0.5) is 5.69 Å². The lowest BCUT2D eigenvalue weighted by Gasteiger charge is -2.14. The molecule has 2 aromatic carbocycles. The zero-order chi connectivity index (χ0) is 23.8. The van der Waals surface area contributed by atoms with Crippen LogP contribution in [0.2, 0.25) is 0 Å². The van der Waals surface area contributed by atoms with Crippen molar-refractivity contribution in [1.82, 2.24) is 4.72 Å². The van der Waals surface area contributed by atoms with E-state index in [2.05, 4.69) is 4.72 Å². The van der Waals surface area contributed by atoms with Crippen LogP contribution in [0.3, 0.4) is 0 Å². The second kappa shape index (κ2) is 11.0. The zero-order valence-electron chi connectivity index (χ0n) is 17.9. The molecule has 1 atom stereocenters. The van der Waals surface area contributed by atoms with Gasteiger partial charge in [-0.3, -0.25) is 10.1 Å². The summed E-state index contributed by atoms with van der Waals surface area (Å²) >= 11 is 0. The molecule has 0 saturated carbocycles. The van der Waals surface area contributed by atoms with Gasteiger partial charge in [-0.05, 0) is 54.3 Å². The number of nitrogens with zero attached hydrogens (tertiary/aromatic N) is 1. The van der Waals surface area contributed by atoms with Crippen LogP contribution in [0.1, 0.15) is 24.0 Å². The van der Waals surface area contributed by atoms with Crippen molar-refractivity contribution < 1.29 is 32.3 Å². The quantitative estimate of drug-likeness (QED) is 0.239. The fraction of sp³-hybridized carbons (Fsp3) is 0.318. The molecule has 0 radical (unpaired) electrons. The van der Waals surface area contributed by atoms with Crippen molar-refractivity contribution in [2.24, 2.45) is 0 Å². The number of rotatable bonds is 10. The minimum absolute atomic E-state index is 0.0515. The summed E-state index contributed by atoms with van der Waals surface area (Å²) in [6, 6.07) is 10.2. The van der Waals surface area contributed by atoms with Crippen molar-refractivity contribution in [3.05, 3.63) is 69.8 Å². The summed E-state index contributed by atoms with van der Waals surface area (Å²) in [4.78, 5) is 22.1. The molecule has 1 fully saturated rings. The second-order valence-electron chi connectivity index (χ2n) is 7.26. The Kier molecular flexibility index (Phi) is 8.15. The van der Waals surface area contributed by atoms with Gasteiger partial charge in [0.1, 0.15) is 17.3 Å². The number of hydrogen-bond acceptors (Lipinski definition) is 8. The lowest BCUT2D eigenvalue weighted by atomic mass is 10.2. The van der Waals surface area contributed by atoms with E-state index in [1.54, 1.807) is 6.07 Å². The van der Waals surface area contributed by atoms with Gasteiger partial charge in [-0.25, -0.2) is 17.9 Å². The molecule has 0 aliphatic carbocycles. The number of non-ortho nitro benzene ring substituents is 1. The first-order valence-corrected chi connectivity index (χ1v) is 11.6. The highest BCUT2D eigenvalue weighted by Crippen LogP contribution is 2.26. The van der Waals surface area contributed by atoms with Crippen LogP contribution in [0.25, 0.3) is 6.08 Å². The van der Waals surface area contributed by atoms with Crippen molar-refractivity contribution in [3.63, 3.8) is 0 Å². The number of carbonyl (C=O) groups excluding carboxylic acids is 1. The molecule has 0 spiro atoms.